The molecular weight excluding hydrogens is 292 g/mol. The molecule has 1 aliphatic heterocycles. The molecule has 1 aromatic rings. The first-order valence-corrected chi connectivity index (χ1v) is 5.38. The summed E-state index contributed by atoms with van der Waals surface area (Å²) in [5, 5.41) is 0. The van der Waals surface area contributed by atoms with Crippen molar-refractivity contribution < 1.29 is 4.39 Å². The molecule has 1 aliphatic rings. The van der Waals surface area contributed by atoms with E-state index in [4.69, 9.17) is 0 Å². The van der Waals surface area contributed by atoms with Crippen molar-refractivity contribution in [3.63, 3.8) is 0 Å². The Balaban J connectivity index is 2.60. The quantitative estimate of drug-likeness (QED) is 0.511. The van der Waals surface area contributed by atoms with Gasteiger partial charge < -0.3 is 0 Å². The van der Waals surface area contributed by atoms with Gasteiger partial charge in [-0.15, -0.1) is 0 Å². The average Bonchev–Trinajstić information content (AvgIpc) is 2.27. The molecule has 0 radical (unpaired) electrons. The molecule has 0 aromatic heterocycles. The second-order valence-electron chi connectivity index (χ2n) is 3.42. The van der Waals surface area contributed by atoms with Crippen molar-refractivity contribution in [1.29, 1.82) is 0 Å². The summed E-state index contributed by atoms with van der Waals surface area (Å²) >= 11 is 2.27. The monoisotopic (exact) mass is 301 g/mol. The highest BCUT2D eigenvalue weighted by Crippen LogP contribution is 2.30. The van der Waals surface area contributed by atoms with Crippen LogP contribution in [0.2, 0.25) is 0 Å². The van der Waals surface area contributed by atoms with Crippen LogP contribution < -0.4 is 0 Å². The van der Waals surface area contributed by atoms with Gasteiger partial charge in [0.25, 0.3) is 0 Å². The van der Waals surface area contributed by atoms with E-state index in [1.807, 2.05) is 25.1 Å². The van der Waals surface area contributed by atoms with Crippen LogP contribution in [0.1, 0.15) is 12.5 Å². The second kappa shape index (κ2) is 3.46. The van der Waals surface area contributed by atoms with Gasteiger partial charge in [0.05, 0.1) is 3.42 Å². The molecule has 1 aromatic carbocycles. The Labute approximate surface area is 95.9 Å². The lowest BCUT2D eigenvalue weighted by Gasteiger charge is -2.07. The zero-order valence-corrected chi connectivity index (χ0v) is 9.82. The normalized spacial score (nSPS) is 24.5. The zero-order valence-electron chi connectivity index (χ0n) is 7.67. The standard InChI is InChI=1S/C11H9FIN/c1-11(13)6-5-8-3-2-4-9(12)10(8)14-7-11/h2-7H,1H3. The summed E-state index contributed by atoms with van der Waals surface area (Å²) in [5.41, 5.74) is 1.27. The van der Waals surface area contributed by atoms with E-state index >= 15 is 0 Å². The van der Waals surface area contributed by atoms with Gasteiger partial charge in [0, 0.05) is 11.8 Å². The number of hydrogen-bond acceptors (Lipinski definition) is 1. The van der Waals surface area contributed by atoms with Crippen LogP contribution in [0, 0.1) is 5.82 Å². The summed E-state index contributed by atoms with van der Waals surface area (Å²) < 4.78 is 13.2. The number of rotatable bonds is 0. The Morgan fingerprint density at radius 1 is 1.43 bits per heavy atom. The number of hydrogen-bond donors (Lipinski definition) is 0. The minimum absolute atomic E-state index is 0.136. The third-order valence-corrected chi connectivity index (χ3v) is 2.69. The Bertz CT molecular complexity index is 421. The number of benzene rings is 1. The molecule has 0 aliphatic carbocycles. The number of aliphatic imine (C=N–C) groups is 1. The van der Waals surface area contributed by atoms with Crippen molar-refractivity contribution in [3.8, 4) is 0 Å². The van der Waals surface area contributed by atoms with E-state index in [0.29, 0.717) is 5.69 Å². The molecule has 1 unspecified atom stereocenters. The molecular formula is C11H9FIN. The first-order valence-electron chi connectivity index (χ1n) is 4.30. The maximum atomic E-state index is 13.4. The van der Waals surface area contributed by atoms with Crippen molar-refractivity contribution in [1.82, 2.24) is 0 Å². The van der Waals surface area contributed by atoms with E-state index in [1.165, 1.54) is 6.07 Å². The lowest BCUT2D eigenvalue weighted by atomic mass is 10.1. The van der Waals surface area contributed by atoms with Gasteiger partial charge in [-0.25, -0.2) is 4.39 Å². The van der Waals surface area contributed by atoms with Gasteiger partial charge in [0.1, 0.15) is 11.5 Å². The first-order chi connectivity index (χ1) is 6.58. The number of fused-ring (bicyclic) bond motifs is 1. The largest absolute Gasteiger partial charge is 0.256 e. The van der Waals surface area contributed by atoms with Crippen LogP contribution in [0.5, 0.6) is 0 Å². The van der Waals surface area contributed by atoms with E-state index in [9.17, 15) is 4.39 Å². The molecule has 1 nitrogen and oxygen atoms in total. The number of alkyl halides is 1. The molecule has 72 valence electrons. The van der Waals surface area contributed by atoms with Crippen LogP contribution in [0.15, 0.2) is 29.3 Å². The molecule has 2 rings (SSSR count). The second-order valence-corrected chi connectivity index (χ2v) is 5.74. The van der Waals surface area contributed by atoms with Crippen molar-refractivity contribution >= 4 is 40.6 Å². The topological polar surface area (TPSA) is 12.4 Å². The molecule has 14 heavy (non-hydrogen) atoms. The van der Waals surface area contributed by atoms with Gasteiger partial charge in [-0.1, -0.05) is 46.9 Å². The van der Waals surface area contributed by atoms with E-state index in [0.717, 1.165) is 5.56 Å². The summed E-state index contributed by atoms with van der Waals surface area (Å²) in [7, 11) is 0. The minimum atomic E-state index is -0.266. The van der Waals surface area contributed by atoms with Crippen LogP contribution in [0.25, 0.3) is 6.08 Å². The summed E-state index contributed by atoms with van der Waals surface area (Å²) in [6, 6.07) is 4.99. The maximum Gasteiger partial charge on any atom is 0.149 e. The number of para-hydroxylation sites is 1. The van der Waals surface area contributed by atoms with Crippen LogP contribution in [-0.2, 0) is 0 Å². The Morgan fingerprint density at radius 3 is 3.00 bits per heavy atom. The fourth-order valence-corrected chi connectivity index (χ4v) is 1.61. The van der Waals surface area contributed by atoms with Crippen molar-refractivity contribution in [2.45, 2.75) is 10.3 Å². The predicted molar refractivity (Wildman–Crippen MR) is 66.0 cm³/mol. The molecule has 0 N–H and O–H groups in total. The van der Waals surface area contributed by atoms with Gasteiger partial charge in [0.2, 0.25) is 0 Å². The lowest BCUT2D eigenvalue weighted by Crippen LogP contribution is -2.11. The highest BCUT2D eigenvalue weighted by atomic mass is 127. The molecule has 0 bridgehead atoms. The van der Waals surface area contributed by atoms with Gasteiger partial charge >= 0.3 is 0 Å². The Kier molecular flexibility index (Phi) is 2.43. The molecule has 3 heteroatoms. The molecule has 0 spiro atoms. The number of halogens is 2. The fourth-order valence-electron chi connectivity index (χ4n) is 1.29. The maximum absolute atomic E-state index is 13.4. The van der Waals surface area contributed by atoms with Gasteiger partial charge in [0.15, 0.2) is 0 Å². The van der Waals surface area contributed by atoms with Crippen LogP contribution >= 0.6 is 22.6 Å². The highest BCUT2D eigenvalue weighted by Gasteiger charge is 2.17. The molecule has 0 fully saturated rings. The Hall–Kier alpha value is -0.710. The summed E-state index contributed by atoms with van der Waals surface area (Å²) in [4.78, 5) is 4.17. The molecule has 1 heterocycles. The molecule has 0 amide bonds. The summed E-state index contributed by atoms with van der Waals surface area (Å²) in [5.74, 6) is -0.266. The van der Waals surface area contributed by atoms with Crippen molar-refractivity contribution in [2.24, 2.45) is 4.99 Å². The van der Waals surface area contributed by atoms with Gasteiger partial charge in [-0.2, -0.15) is 0 Å². The van der Waals surface area contributed by atoms with E-state index in [-0.39, 0.29) is 9.24 Å². The van der Waals surface area contributed by atoms with Gasteiger partial charge in [-0.3, -0.25) is 4.99 Å². The number of nitrogens with zero attached hydrogens (tertiary/aromatic N) is 1. The molecule has 0 saturated heterocycles. The van der Waals surface area contributed by atoms with E-state index in [2.05, 4.69) is 27.6 Å². The van der Waals surface area contributed by atoms with E-state index in [1.54, 1.807) is 12.3 Å². The zero-order chi connectivity index (χ0) is 10.2. The highest BCUT2D eigenvalue weighted by molar-refractivity contribution is 14.1. The average molecular weight is 301 g/mol. The van der Waals surface area contributed by atoms with Gasteiger partial charge in [-0.05, 0) is 13.0 Å². The number of allylic oxidation sites excluding steroid dienone is 1. The summed E-state index contributed by atoms with van der Waals surface area (Å²) in [6.45, 7) is 2.03. The lowest BCUT2D eigenvalue weighted by molar-refractivity contribution is 0.630. The molecule has 1 atom stereocenters. The third kappa shape index (κ3) is 1.87. The SMILES string of the molecule is CC1(I)C=Cc2cccc(F)c2N=C1. The first kappa shape index (κ1) is 9.83. The van der Waals surface area contributed by atoms with Crippen LogP contribution in [-0.4, -0.2) is 9.64 Å². The van der Waals surface area contributed by atoms with Crippen molar-refractivity contribution in [2.75, 3.05) is 0 Å². The smallest absolute Gasteiger partial charge is 0.149 e. The summed E-state index contributed by atoms with van der Waals surface area (Å²) in [6.07, 6.45) is 5.69. The van der Waals surface area contributed by atoms with Crippen LogP contribution in [0.4, 0.5) is 10.1 Å². The predicted octanol–water partition coefficient (Wildman–Crippen LogP) is 3.75. The Morgan fingerprint density at radius 2 is 2.21 bits per heavy atom. The fraction of sp³-hybridized carbons (Fsp3) is 0.182. The third-order valence-electron chi connectivity index (χ3n) is 2.05. The van der Waals surface area contributed by atoms with Crippen molar-refractivity contribution in [3.05, 3.63) is 35.7 Å². The minimum Gasteiger partial charge on any atom is -0.256 e. The van der Waals surface area contributed by atoms with Crippen LogP contribution in [0.3, 0.4) is 0 Å². The molecule has 0 saturated carbocycles. The van der Waals surface area contributed by atoms with E-state index < -0.39 is 0 Å².